The van der Waals surface area contributed by atoms with Crippen LogP contribution in [0.25, 0.3) is 0 Å². The Kier molecular flexibility index (Phi) is 4.78. The molecule has 0 radical (unpaired) electrons. The van der Waals surface area contributed by atoms with Gasteiger partial charge in [0, 0.05) is 38.5 Å². The summed E-state index contributed by atoms with van der Waals surface area (Å²) in [5, 5.41) is 11.3. The number of nitrogens with zero attached hydrogens (tertiary/aromatic N) is 1. The lowest BCUT2D eigenvalue weighted by Gasteiger charge is -2.05. The van der Waals surface area contributed by atoms with Crippen LogP contribution in [0, 0.1) is 0 Å². The molecule has 14 heavy (non-hydrogen) atoms. The van der Waals surface area contributed by atoms with Crippen LogP contribution >= 0.6 is 0 Å². The number of amides is 1. The van der Waals surface area contributed by atoms with Crippen molar-refractivity contribution in [1.29, 1.82) is 0 Å². The first kappa shape index (κ1) is 10.8. The quantitative estimate of drug-likeness (QED) is 0.691. The molecule has 1 aromatic rings. The molecule has 4 nitrogen and oxygen atoms in total. The zero-order chi connectivity index (χ0) is 10.2. The predicted molar refractivity (Wildman–Crippen MR) is 53.8 cm³/mol. The fraction of sp³-hybridized carbons (Fsp3) is 0.500. The molecule has 4 heteroatoms. The number of hydrogen-bond donors (Lipinski definition) is 2. The van der Waals surface area contributed by atoms with Gasteiger partial charge in [0.25, 0.3) is 0 Å². The zero-order valence-electron chi connectivity index (χ0n) is 8.15. The lowest BCUT2D eigenvalue weighted by molar-refractivity contribution is -0.121. The van der Waals surface area contributed by atoms with Crippen LogP contribution in [0.1, 0.15) is 12.8 Å². The van der Waals surface area contributed by atoms with Gasteiger partial charge in [-0.2, -0.15) is 0 Å². The molecule has 1 heterocycles. The maximum atomic E-state index is 11.1. The molecule has 0 aliphatic carbocycles. The fourth-order valence-corrected chi connectivity index (χ4v) is 1.17. The third-order valence-electron chi connectivity index (χ3n) is 1.92. The summed E-state index contributed by atoms with van der Waals surface area (Å²) in [6, 6.07) is 3.90. The first-order valence-corrected chi connectivity index (χ1v) is 4.81. The minimum Gasteiger partial charge on any atom is -0.396 e. The van der Waals surface area contributed by atoms with Gasteiger partial charge >= 0.3 is 0 Å². The summed E-state index contributed by atoms with van der Waals surface area (Å²) in [5.41, 5.74) is 0. The fourth-order valence-electron chi connectivity index (χ4n) is 1.17. The van der Waals surface area contributed by atoms with Crippen LogP contribution in [-0.4, -0.2) is 28.7 Å². The van der Waals surface area contributed by atoms with Crippen LogP contribution in [0.5, 0.6) is 0 Å². The van der Waals surface area contributed by atoms with E-state index in [1.54, 1.807) is 0 Å². The van der Waals surface area contributed by atoms with Crippen LogP contribution in [0.4, 0.5) is 0 Å². The second-order valence-corrected chi connectivity index (χ2v) is 3.10. The topological polar surface area (TPSA) is 54.3 Å². The van der Waals surface area contributed by atoms with Gasteiger partial charge in [-0.05, 0) is 18.6 Å². The molecule has 0 atom stereocenters. The van der Waals surface area contributed by atoms with Crippen molar-refractivity contribution in [1.82, 2.24) is 9.88 Å². The lowest BCUT2D eigenvalue weighted by atomic mass is 10.3. The van der Waals surface area contributed by atoms with Gasteiger partial charge < -0.3 is 15.0 Å². The summed E-state index contributed by atoms with van der Waals surface area (Å²) in [6.45, 7) is 1.50. The number of nitrogens with one attached hydrogen (secondary N) is 1. The molecular weight excluding hydrogens is 180 g/mol. The molecule has 0 aliphatic heterocycles. The molecule has 0 aromatic carbocycles. The SMILES string of the molecule is O=C(CCCO)NCCn1cccc1. The van der Waals surface area contributed by atoms with Crippen molar-refractivity contribution in [2.75, 3.05) is 13.2 Å². The molecule has 0 unspecified atom stereocenters. The second-order valence-electron chi connectivity index (χ2n) is 3.10. The highest BCUT2D eigenvalue weighted by molar-refractivity contribution is 5.75. The monoisotopic (exact) mass is 196 g/mol. The average molecular weight is 196 g/mol. The number of aliphatic hydroxyl groups is 1. The average Bonchev–Trinajstić information content (AvgIpc) is 2.67. The Morgan fingerprint density at radius 1 is 1.36 bits per heavy atom. The first-order chi connectivity index (χ1) is 6.83. The maximum Gasteiger partial charge on any atom is 0.220 e. The molecule has 1 aromatic heterocycles. The Morgan fingerprint density at radius 3 is 2.71 bits per heavy atom. The highest BCUT2D eigenvalue weighted by Gasteiger charge is 1.98. The molecule has 0 saturated heterocycles. The molecular formula is C10H16N2O2. The number of carbonyl (C=O) groups is 1. The number of aliphatic hydroxyl groups excluding tert-OH is 1. The Morgan fingerprint density at radius 2 is 2.07 bits per heavy atom. The lowest BCUT2D eigenvalue weighted by Crippen LogP contribution is -2.26. The van der Waals surface area contributed by atoms with E-state index in [-0.39, 0.29) is 12.5 Å². The summed E-state index contributed by atoms with van der Waals surface area (Å²) >= 11 is 0. The summed E-state index contributed by atoms with van der Waals surface area (Å²) in [7, 11) is 0. The largest absolute Gasteiger partial charge is 0.396 e. The van der Waals surface area contributed by atoms with E-state index in [1.807, 2.05) is 29.1 Å². The van der Waals surface area contributed by atoms with Crippen LogP contribution < -0.4 is 5.32 Å². The van der Waals surface area contributed by atoms with Crippen LogP contribution in [0.15, 0.2) is 24.5 Å². The Labute approximate surface area is 83.5 Å². The molecule has 0 bridgehead atoms. The van der Waals surface area contributed by atoms with Gasteiger partial charge in [-0.3, -0.25) is 4.79 Å². The van der Waals surface area contributed by atoms with Crippen molar-refractivity contribution < 1.29 is 9.90 Å². The normalized spacial score (nSPS) is 10.1. The van der Waals surface area contributed by atoms with Crippen LogP contribution in [0.3, 0.4) is 0 Å². The highest BCUT2D eigenvalue weighted by Crippen LogP contribution is 1.89. The molecule has 0 fully saturated rings. The van der Waals surface area contributed by atoms with E-state index in [1.165, 1.54) is 0 Å². The standard InChI is InChI=1S/C10H16N2O2/c13-9-3-4-10(14)11-5-8-12-6-1-2-7-12/h1-2,6-7,13H,3-5,8-9H2,(H,11,14). The molecule has 1 rings (SSSR count). The van der Waals surface area contributed by atoms with E-state index in [0.717, 1.165) is 6.54 Å². The molecule has 0 spiro atoms. The van der Waals surface area contributed by atoms with E-state index >= 15 is 0 Å². The van der Waals surface area contributed by atoms with E-state index in [9.17, 15) is 4.79 Å². The van der Waals surface area contributed by atoms with Crippen molar-refractivity contribution in [3.05, 3.63) is 24.5 Å². The Hall–Kier alpha value is -1.29. The molecule has 2 N–H and O–H groups in total. The van der Waals surface area contributed by atoms with Crippen molar-refractivity contribution in [3.63, 3.8) is 0 Å². The third-order valence-corrected chi connectivity index (χ3v) is 1.92. The summed E-state index contributed by atoms with van der Waals surface area (Å²) in [6.07, 6.45) is 4.86. The number of carbonyl (C=O) groups excluding carboxylic acids is 1. The Balaban J connectivity index is 2.06. The predicted octanol–water partition coefficient (Wildman–Crippen LogP) is 0.377. The van der Waals surface area contributed by atoms with Gasteiger partial charge in [0.05, 0.1) is 0 Å². The summed E-state index contributed by atoms with van der Waals surface area (Å²) < 4.78 is 2.01. The number of rotatable bonds is 6. The molecule has 0 saturated carbocycles. The van der Waals surface area contributed by atoms with E-state index in [4.69, 9.17) is 5.11 Å². The second kappa shape index (κ2) is 6.21. The van der Waals surface area contributed by atoms with E-state index < -0.39 is 0 Å². The minimum absolute atomic E-state index is 0.00575. The van der Waals surface area contributed by atoms with Crippen molar-refractivity contribution in [3.8, 4) is 0 Å². The smallest absolute Gasteiger partial charge is 0.220 e. The molecule has 1 amide bonds. The zero-order valence-corrected chi connectivity index (χ0v) is 8.15. The van der Waals surface area contributed by atoms with Gasteiger partial charge in [0.2, 0.25) is 5.91 Å². The Bertz CT molecular complexity index is 257. The molecule has 0 aliphatic rings. The van der Waals surface area contributed by atoms with Crippen molar-refractivity contribution >= 4 is 5.91 Å². The summed E-state index contributed by atoms with van der Waals surface area (Å²) in [4.78, 5) is 11.1. The maximum absolute atomic E-state index is 11.1. The number of hydrogen-bond acceptors (Lipinski definition) is 2. The van der Waals surface area contributed by atoms with E-state index in [2.05, 4.69) is 5.32 Å². The van der Waals surface area contributed by atoms with Crippen LogP contribution in [0.2, 0.25) is 0 Å². The third kappa shape index (κ3) is 4.09. The molecule has 78 valence electrons. The van der Waals surface area contributed by atoms with Gasteiger partial charge in [-0.25, -0.2) is 0 Å². The highest BCUT2D eigenvalue weighted by atomic mass is 16.3. The van der Waals surface area contributed by atoms with Gasteiger partial charge in [-0.1, -0.05) is 0 Å². The van der Waals surface area contributed by atoms with Crippen molar-refractivity contribution in [2.24, 2.45) is 0 Å². The number of aromatic nitrogens is 1. The van der Waals surface area contributed by atoms with Crippen LogP contribution in [-0.2, 0) is 11.3 Å². The van der Waals surface area contributed by atoms with E-state index in [0.29, 0.717) is 19.4 Å². The minimum atomic E-state index is 0.00575. The van der Waals surface area contributed by atoms with Gasteiger partial charge in [-0.15, -0.1) is 0 Å². The van der Waals surface area contributed by atoms with Gasteiger partial charge in [0.15, 0.2) is 0 Å². The van der Waals surface area contributed by atoms with Gasteiger partial charge in [0.1, 0.15) is 0 Å². The van der Waals surface area contributed by atoms with Crippen molar-refractivity contribution in [2.45, 2.75) is 19.4 Å². The first-order valence-electron chi connectivity index (χ1n) is 4.81. The summed E-state index contributed by atoms with van der Waals surface area (Å²) in [5.74, 6) is 0.00575.